The normalized spacial score (nSPS) is 38.5. The number of amides is 1. The van der Waals surface area contributed by atoms with Gasteiger partial charge >= 0.3 is 0 Å². The Labute approximate surface area is 110 Å². The number of hydrogen-bond donors (Lipinski definition) is 1. The van der Waals surface area contributed by atoms with E-state index >= 15 is 0 Å². The maximum Gasteiger partial charge on any atom is 0.227 e. The van der Waals surface area contributed by atoms with Gasteiger partial charge in [0.05, 0.1) is 5.41 Å². The molecule has 2 aliphatic heterocycles. The van der Waals surface area contributed by atoms with Crippen LogP contribution < -0.4 is 5.32 Å². The molecule has 2 atom stereocenters. The Morgan fingerprint density at radius 3 is 2.78 bits per heavy atom. The Morgan fingerprint density at radius 2 is 2.11 bits per heavy atom. The molecule has 3 aliphatic rings. The first-order valence-electron chi connectivity index (χ1n) is 7.71. The second kappa shape index (κ2) is 4.84. The van der Waals surface area contributed by atoms with Gasteiger partial charge in [0.1, 0.15) is 0 Å². The van der Waals surface area contributed by atoms with Crippen LogP contribution in [0.4, 0.5) is 0 Å². The predicted octanol–water partition coefficient (Wildman–Crippen LogP) is 2.02. The summed E-state index contributed by atoms with van der Waals surface area (Å²) in [7, 11) is 0. The van der Waals surface area contributed by atoms with E-state index in [1.54, 1.807) is 0 Å². The van der Waals surface area contributed by atoms with Gasteiger partial charge in [0.2, 0.25) is 5.91 Å². The van der Waals surface area contributed by atoms with Gasteiger partial charge in [-0.2, -0.15) is 0 Å². The predicted molar refractivity (Wildman–Crippen MR) is 72.2 cm³/mol. The van der Waals surface area contributed by atoms with Crippen molar-refractivity contribution in [2.75, 3.05) is 26.2 Å². The summed E-state index contributed by atoms with van der Waals surface area (Å²) in [6, 6.07) is 0. The van der Waals surface area contributed by atoms with E-state index in [1.807, 2.05) is 0 Å². The minimum atomic E-state index is -0.0470. The number of likely N-dealkylation sites (tertiary alicyclic amines) is 1. The quantitative estimate of drug-likeness (QED) is 0.813. The highest BCUT2D eigenvalue weighted by molar-refractivity contribution is 5.85. The van der Waals surface area contributed by atoms with E-state index in [-0.39, 0.29) is 5.41 Å². The molecule has 0 bridgehead atoms. The first kappa shape index (κ1) is 12.5. The van der Waals surface area contributed by atoms with Gasteiger partial charge < -0.3 is 10.2 Å². The summed E-state index contributed by atoms with van der Waals surface area (Å²) in [5, 5.41) is 3.04. The molecular formula is C15H26N2O. The highest BCUT2D eigenvalue weighted by atomic mass is 16.2. The van der Waals surface area contributed by atoms with Crippen LogP contribution >= 0.6 is 0 Å². The largest absolute Gasteiger partial charge is 0.356 e. The molecule has 18 heavy (non-hydrogen) atoms. The summed E-state index contributed by atoms with van der Waals surface area (Å²) in [6.07, 6.45) is 8.13. The Kier molecular flexibility index (Phi) is 3.35. The van der Waals surface area contributed by atoms with Crippen LogP contribution in [-0.4, -0.2) is 37.0 Å². The average Bonchev–Trinajstić information content (AvgIpc) is 2.87. The van der Waals surface area contributed by atoms with E-state index < -0.39 is 0 Å². The molecule has 1 aliphatic carbocycles. The molecule has 3 nitrogen and oxygen atoms in total. The van der Waals surface area contributed by atoms with Crippen LogP contribution in [0.25, 0.3) is 0 Å². The second-order valence-electron chi connectivity index (χ2n) is 6.76. The van der Waals surface area contributed by atoms with Crippen molar-refractivity contribution in [3.63, 3.8) is 0 Å². The molecule has 1 spiro atoms. The van der Waals surface area contributed by atoms with E-state index in [9.17, 15) is 4.79 Å². The molecule has 0 unspecified atom stereocenters. The van der Waals surface area contributed by atoms with Gasteiger partial charge in [-0.1, -0.05) is 26.2 Å². The van der Waals surface area contributed by atoms with Crippen molar-refractivity contribution in [1.82, 2.24) is 10.2 Å². The lowest BCUT2D eigenvalue weighted by Gasteiger charge is -2.28. The molecule has 0 radical (unpaired) electrons. The lowest BCUT2D eigenvalue weighted by molar-refractivity contribution is -0.128. The summed E-state index contributed by atoms with van der Waals surface area (Å²) in [5.74, 6) is 1.75. The van der Waals surface area contributed by atoms with Crippen molar-refractivity contribution in [1.29, 1.82) is 0 Å². The molecule has 1 amide bonds. The van der Waals surface area contributed by atoms with Gasteiger partial charge in [-0.3, -0.25) is 4.79 Å². The monoisotopic (exact) mass is 250 g/mol. The third-order valence-electron chi connectivity index (χ3n) is 5.53. The summed E-state index contributed by atoms with van der Waals surface area (Å²) in [6.45, 7) is 6.53. The first-order chi connectivity index (χ1) is 8.71. The fraction of sp³-hybridized carbons (Fsp3) is 0.933. The highest BCUT2D eigenvalue weighted by Crippen LogP contribution is 2.42. The maximum absolute atomic E-state index is 12.1. The van der Waals surface area contributed by atoms with Crippen LogP contribution in [0.3, 0.4) is 0 Å². The van der Waals surface area contributed by atoms with Gasteiger partial charge in [-0.05, 0) is 31.1 Å². The molecule has 3 rings (SSSR count). The van der Waals surface area contributed by atoms with Crippen molar-refractivity contribution in [3.8, 4) is 0 Å². The summed E-state index contributed by atoms with van der Waals surface area (Å²) < 4.78 is 0. The molecule has 2 saturated heterocycles. The van der Waals surface area contributed by atoms with Crippen molar-refractivity contribution >= 4 is 5.91 Å². The zero-order valence-corrected chi connectivity index (χ0v) is 11.6. The van der Waals surface area contributed by atoms with Crippen molar-refractivity contribution in [2.24, 2.45) is 17.3 Å². The summed E-state index contributed by atoms with van der Waals surface area (Å²) in [5.41, 5.74) is -0.0470. The minimum absolute atomic E-state index is 0.0470. The molecular weight excluding hydrogens is 224 g/mol. The average molecular weight is 250 g/mol. The molecule has 1 N–H and O–H groups in total. The van der Waals surface area contributed by atoms with Crippen molar-refractivity contribution in [2.45, 2.75) is 45.4 Å². The van der Waals surface area contributed by atoms with Gasteiger partial charge in [-0.25, -0.2) is 0 Å². The smallest absolute Gasteiger partial charge is 0.227 e. The zero-order chi connectivity index (χ0) is 12.6. The number of carbonyl (C=O) groups excluding carboxylic acids is 1. The van der Waals surface area contributed by atoms with Gasteiger partial charge in [0, 0.05) is 26.2 Å². The molecule has 0 aromatic carbocycles. The molecule has 3 heteroatoms. The fourth-order valence-electron chi connectivity index (χ4n) is 4.37. The number of rotatable bonds is 2. The Balaban J connectivity index is 1.61. The van der Waals surface area contributed by atoms with Gasteiger partial charge in [0.15, 0.2) is 0 Å². The molecule has 102 valence electrons. The van der Waals surface area contributed by atoms with E-state index in [0.29, 0.717) is 11.8 Å². The van der Waals surface area contributed by atoms with Crippen LogP contribution in [0.1, 0.15) is 45.4 Å². The van der Waals surface area contributed by atoms with Crippen LogP contribution in [0.2, 0.25) is 0 Å². The third-order valence-corrected chi connectivity index (χ3v) is 5.53. The SMILES string of the molecule is C[C@@H]1CN(CC2CCCCC2)C[C@]12CCNC2=O. The van der Waals surface area contributed by atoms with Crippen LogP contribution in [-0.2, 0) is 4.79 Å². The number of carbonyl (C=O) groups is 1. The topological polar surface area (TPSA) is 32.3 Å². The Morgan fingerprint density at radius 1 is 1.33 bits per heavy atom. The second-order valence-corrected chi connectivity index (χ2v) is 6.76. The number of nitrogens with zero attached hydrogens (tertiary/aromatic N) is 1. The van der Waals surface area contributed by atoms with Gasteiger partial charge in [-0.15, -0.1) is 0 Å². The van der Waals surface area contributed by atoms with Crippen LogP contribution in [0.15, 0.2) is 0 Å². The van der Waals surface area contributed by atoms with E-state index in [4.69, 9.17) is 0 Å². The van der Waals surface area contributed by atoms with E-state index in [2.05, 4.69) is 17.1 Å². The number of nitrogens with one attached hydrogen (secondary N) is 1. The van der Waals surface area contributed by atoms with Crippen LogP contribution in [0, 0.1) is 17.3 Å². The molecule has 1 saturated carbocycles. The molecule has 0 aromatic heterocycles. The zero-order valence-electron chi connectivity index (χ0n) is 11.6. The Bertz CT molecular complexity index is 324. The molecule has 0 aromatic rings. The summed E-state index contributed by atoms with van der Waals surface area (Å²) in [4.78, 5) is 14.7. The fourth-order valence-corrected chi connectivity index (χ4v) is 4.37. The van der Waals surface area contributed by atoms with Crippen molar-refractivity contribution in [3.05, 3.63) is 0 Å². The Hall–Kier alpha value is -0.570. The van der Waals surface area contributed by atoms with E-state index in [1.165, 1.54) is 38.6 Å². The lowest BCUT2D eigenvalue weighted by Crippen LogP contribution is -2.38. The molecule has 2 heterocycles. The standard InChI is InChI=1S/C15H26N2O/c1-12-9-17(10-13-5-3-2-4-6-13)11-15(12)7-8-16-14(15)18/h12-13H,2-11H2,1H3,(H,16,18)/t12-,15-/m1/s1. The lowest BCUT2D eigenvalue weighted by atomic mass is 9.78. The maximum atomic E-state index is 12.1. The minimum Gasteiger partial charge on any atom is -0.356 e. The molecule has 3 fully saturated rings. The van der Waals surface area contributed by atoms with Crippen molar-refractivity contribution < 1.29 is 4.79 Å². The highest BCUT2D eigenvalue weighted by Gasteiger charge is 2.52. The van der Waals surface area contributed by atoms with E-state index in [0.717, 1.165) is 32.0 Å². The number of hydrogen-bond acceptors (Lipinski definition) is 2. The first-order valence-corrected chi connectivity index (χ1v) is 7.71. The third kappa shape index (κ3) is 2.07. The van der Waals surface area contributed by atoms with Gasteiger partial charge in [0.25, 0.3) is 0 Å². The summed E-state index contributed by atoms with van der Waals surface area (Å²) >= 11 is 0. The van der Waals surface area contributed by atoms with Crippen LogP contribution in [0.5, 0.6) is 0 Å².